The van der Waals surface area contributed by atoms with E-state index in [4.69, 9.17) is 9.47 Å². The Labute approximate surface area is 105 Å². The summed E-state index contributed by atoms with van der Waals surface area (Å²) in [5.74, 6) is 0. The van der Waals surface area contributed by atoms with E-state index in [-0.39, 0.29) is 5.60 Å². The highest BCUT2D eigenvalue weighted by molar-refractivity contribution is 5.07. The second-order valence-electron chi connectivity index (χ2n) is 5.46. The SMILES string of the molecule is CCCCCCCC=CC12CCC(COC1)O2. The molecule has 2 saturated heterocycles. The smallest absolute Gasteiger partial charge is 0.110 e. The number of allylic oxidation sites excluding steroid dienone is 1. The summed E-state index contributed by atoms with van der Waals surface area (Å²) in [5.41, 5.74) is -0.0632. The van der Waals surface area contributed by atoms with Gasteiger partial charge in [0.2, 0.25) is 0 Å². The quantitative estimate of drug-likeness (QED) is 0.495. The molecule has 0 aliphatic carbocycles. The molecule has 0 N–H and O–H groups in total. The summed E-state index contributed by atoms with van der Waals surface area (Å²) in [5, 5.41) is 0. The molecule has 2 fully saturated rings. The van der Waals surface area contributed by atoms with Crippen molar-refractivity contribution in [3.63, 3.8) is 0 Å². The molecule has 2 heterocycles. The molecule has 0 radical (unpaired) electrons. The van der Waals surface area contributed by atoms with Gasteiger partial charge in [0.05, 0.1) is 19.3 Å². The Balaban J connectivity index is 1.63. The summed E-state index contributed by atoms with van der Waals surface area (Å²) in [4.78, 5) is 0. The maximum absolute atomic E-state index is 6.02. The third kappa shape index (κ3) is 3.82. The Kier molecular flexibility index (Phi) is 5.05. The fourth-order valence-corrected chi connectivity index (χ4v) is 2.78. The van der Waals surface area contributed by atoms with Gasteiger partial charge in [-0.25, -0.2) is 0 Å². The molecule has 2 aliphatic rings. The van der Waals surface area contributed by atoms with Crippen molar-refractivity contribution in [2.45, 2.75) is 70.0 Å². The minimum absolute atomic E-state index is 0.0632. The number of fused-ring (bicyclic) bond motifs is 2. The molecule has 0 aromatic rings. The van der Waals surface area contributed by atoms with Crippen molar-refractivity contribution < 1.29 is 9.47 Å². The first kappa shape index (κ1) is 13.1. The third-order valence-corrected chi connectivity index (χ3v) is 3.84. The molecule has 2 aliphatic heterocycles. The van der Waals surface area contributed by atoms with Gasteiger partial charge in [0.15, 0.2) is 0 Å². The second-order valence-corrected chi connectivity index (χ2v) is 5.46. The molecule has 2 atom stereocenters. The predicted octanol–water partition coefficient (Wildman–Crippen LogP) is 3.85. The Morgan fingerprint density at radius 1 is 1.24 bits per heavy atom. The van der Waals surface area contributed by atoms with Crippen molar-refractivity contribution in [1.82, 2.24) is 0 Å². The first-order valence-corrected chi connectivity index (χ1v) is 7.28. The van der Waals surface area contributed by atoms with Crippen molar-refractivity contribution in [3.05, 3.63) is 12.2 Å². The molecule has 0 spiro atoms. The van der Waals surface area contributed by atoms with Crippen molar-refractivity contribution in [2.75, 3.05) is 13.2 Å². The lowest BCUT2D eigenvalue weighted by molar-refractivity contribution is -0.135. The monoisotopic (exact) mass is 238 g/mol. The normalized spacial score (nSPS) is 32.4. The van der Waals surface area contributed by atoms with Gasteiger partial charge in [-0.2, -0.15) is 0 Å². The topological polar surface area (TPSA) is 18.5 Å². The van der Waals surface area contributed by atoms with E-state index in [0.717, 1.165) is 19.6 Å². The summed E-state index contributed by atoms with van der Waals surface area (Å²) in [6.45, 7) is 3.82. The lowest BCUT2D eigenvalue weighted by atomic mass is 10.00. The van der Waals surface area contributed by atoms with E-state index in [1.54, 1.807) is 0 Å². The Morgan fingerprint density at radius 3 is 3.00 bits per heavy atom. The fourth-order valence-electron chi connectivity index (χ4n) is 2.78. The van der Waals surface area contributed by atoms with Crippen LogP contribution in [0.3, 0.4) is 0 Å². The van der Waals surface area contributed by atoms with Gasteiger partial charge in [-0.15, -0.1) is 0 Å². The number of ether oxygens (including phenoxy) is 2. The number of rotatable bonds is 7. The van der Waals surface area contributed by atoms with Crippen LogP contribution in [0.4, 0.5) is 0 Å². The van der Waals surface area contributed by atoms with Crippen LogP contribution in [0.2, 0.25) is 0 Å². The van der Waals surface area contributed by atoms with Crippen LogP contribution in [0.25, 0.3) is 0 Å². The molecule has 2 nitrogen and oxygen atoms in total. The van der Waals surface area contributed by atoms with Gasteiger partial charge >= 0.3 is 0 Å². The van der Waals surface area contributed by atoms with E-state index in [1.165, 1.54) is 44.9 Å². The average molecular weight is 238 g/mol. The van der Waals surface area contributed by atoms with Gasteiger partial charge in [-0.05, 0) is 25.7 Å². The molecule has 0 saturated carbocycles. The molecule has 0 aromatic heterocycles. The molecule has 0 amide bonds. The van der Waals surface area contributed by atoms with Crippen molar-refractivity contribution >= 4 is 0 Å². The zero-order chi connectivity index (χ0) is 12.0. The zero-order valence-corrected chi connectivity index (χ0v) is 11.1. The molecular formula is C15H26O2. The van der Waals surface area contributed by atoms with E-state index in [9.17, 15) is 0 Å². The van der Waals surface area contributed by atoms with Gasteiger partial charge < -0.3 is 9.47 Å². The number of hydrogen-bond donors (Lipinski definition) is 0. The average Bonchev–Trinajstić information content (AvgIpc) is 2.64. The first-order chi connectivity index (χ1) is 8.35. The van der Waals surface area contributed by atoms with Crippen LogP contribution in [0.15, 0.2) is 12.2 Å². The Morgan fingerprint density at radius 2 is 2.12 bits per heavy atom. The highest BCUT2D eigenvalue weighted by atomic mass is 16.6. The van der Waals surface area contributed by atoms with Crippen LogP contribution in [0.1, 0.15) is 58.3 Å². The van der Waals surface area contributed by atoms with E-state index in [1.807, 2.05) is 0 Å². The highest BCUT2D eigenvalue weighted by Crippen LogP contribution is 2.35. The molecule has 17 heavy (non-hydrogen) atoms. The first-order valence-electron chi connectivity index (χ1n) is 7.28. The number of hydrogen-bond acceptors (Lipinski definition) is 2. The summed E-state index contributed by atoms with van der Waals surface area (Å²) in [6, 6.07) is 0. The van der Waals surface area contributed by atoms with Gasteiger partial charge in [0.25, 0.3) is 0 Å². The van der Waals surface area contributed by atoms with Gasteiger partial charge in [0, 0.05) is 0 Å². The third-order valence-electron chi connectivity index (χ3n) is 3.84. The zero-order valence-electron chi connectivity index (χ0n) is 11.1. The van der Waals surface area contributed by atoms with Crippen LogP contribution in [0.5, 0.6) is 0 Å². The Hall–Kier alpha value is -0.340. The standard InChI is InChI=1S/C15H26O2/c1-2-3-4-5-6-7-8-10-15-11-9-14(17-15)12-16-13-15/h8,10,14H,2-7,9,11-13H2,1H3. The van der Waals surface area contributed by atoms with E-state index < -0.39 is 0 Å². The molecule has 0 aromatic carbocycles. The van der Waals surface area contributed by atoms with Crippen molar-refractivity contribution in [2.24, 2.45) is 0 Å². The molecule has 2 rings (SSSR count). The van der Waals surface area contributed by atoms with Crippen molar-refractivity contribution in [3.8, 4) is 0 Å². The molecular weight excluding hydrogens is 212 g/mol. The minimum Gasteiger partial charge on any atom is -0.375 e. The van der Waals surface area contributed by atoms with Crippen LogP contribution < -0.4 is 0 Å². The van der Waals surface area contributed by atoms with E-state index in [2.05, 4.69) is 19.1 Å². The summed E-state index contributed by atoms with van der Waals surface area (Å²) >= 11 is 0. The maximum Gasteiger partial charge on any atom is 0.110 e. The van der Waals surface area contributed by atoms with Crippen LogP contribution in [-0.2, 0) is 9.47 Å². The van der Waals surface area contributed by atoms with Crippen molar-refractivity contribution in [1.29, 1.82) is 0 Å². The summed E-state index contributed by atoms with van der Waals surface area (Å²) in [7, 11) is 0. The molecule has 98 valence electrons. The summed E-state index contributed by atoms with van der Waals surface area (Å²) < 4.78 is 11.6. The highest BCUT2D eigenvalue weighted by Gasteiger charge is 2.41. The van der Waals surface area contributed by atoms with Gasteiger partial charge in [-0.3, -0.25) is 0 Å². The van der Waals surface area contributed by atoms with Crippen LogP contribution >= 0.6 is 0 Å². The molecule has 2 bridgehead atoms. The lowest BCUT2D eigenvalue weighted by Gasteiger charge is -2.30. The van der Waals surface area contributed by atoms with Crippen LogP contribution in [0, 0.1) is 0 Å². The van der Waals surface area contributed by atoms with E-state index >= 15 is 0 Å². The summed E-state index contributed by atoms with van der Waals surface area (Å²) in [6.07, 6.45) is 15.2. The van der Waals surface area contributed by atoms with E-state index in [0.29, 0.717) is 6.10 Å². The Bertz CT molecular complexity index is 245. The van der Waals surface area contributed by atoms with Gasteiger partial charge in [0.1, 0.15) is 5.60 Å². The molecule has 2 heteroatoms. The van der Waals surface area contributed by atoms with Gasteiger partial charge in [-0.1, -0.05) is 44.8 Å². The maximum atomic E-state index is 6.02. The second kappa shape index (κ2) is 6.55. The minimum atomic E-state index is -0.0632. The lowest BCUT2D eigenvalue weighted by Crippen LogP contribution is -2.38. The van der Waals surface area contributed by atoms with Crippen LogP contribution in [-0.4, -0.2) is 24.9 Å². The fraction of sp³-hybridized carbons (Fsp3) is 0.867. The predicted molar refractivity (Wildman–Crippen MR) is 70.2 cm³/mol. The molecule has 2 unspecified atom stereocenters. The number of unbranched alkanes of at least 4 members (excludes halogenated alkanes) is 5. The largest absolute Gasteiger partial charge is 0.375 e.